The van der Waals surface area contributed by atoms with Crippen LogP contribution in [0.3, 0.4) is 0 Å². The fraction of sp³-hybridized carbons (Fsp3) is 0.692. The summed E-state index contributed by atoms with van der Waals surface area (Å²) in [5.74, 6) is -0.906. The van der Waals surface area contributed by atoms with Gasteiger partial charge >= 0.3 is 19.8 Å². The van der Waals surface area contributed by atoms with E-state index in [1.807, 2.05) is 33.3 Å². The predicted molar refractivity (Wildman–Crippen MR) is 261 cm³/mol. The number of hydrogen-bond acceptors (Lipinski definition) is 7. The topological polar surface area (TPSA) is 108 Å². The zero-order chi connectivity index (χ0) is 45.7. The van der Waals surface area contributed by atoms with Crippen molar-refractivity contribution in [2.24, 2.45) is 0 Å². The Morgan fingerprint density at radius 2 is 0.952 bits per heavy atom. The van der Waals surface area contributed by atoms with Crippen molar-refractivity contribution in [3.05, 3.63) is 85.1 Å². The number of phosphoric acid groups is 1. The van der Waals surface area contributed by atoms with Crippen LogP contribution in [0.1, 0.15) is 181 Å². The standard InChI is InChI=1S/C52H90NO8P/c1-6-8-10-12-14-16-18-20-22-24-26-28-30-32-34-36-38-40-42-44-51(54)58-48-50(49-60-62(56,57)59-47-46-53(3,4)5)61-52(55)45-43-41-39-37-35-33-31-29-27-25-23-21-19-17-15-13-11-9-7-2/h8,10,14,16,20,22,25-28,32,34,38,40,50H,6-7,9,11-13,15,17-19,21,23-24,29-31,33,35-37,39,41-49H2,1-5H3/p+1/b10-8-,16-14-,22-20-,27-25-,28-26-,34-32-,40-38-/t50-/m1/s1. The van der Waals surface area contributed by atoms with Crippen LogP contribution in [0.2, 0.25) is 0 Å². The monoisotopic (exact) mass is 889 g/mol. The lowest BCUT2D eigenvalue weighted by Crippen LogP contribution is -2.37. The Morgan fingerprint density at radius 1 is 0.516 bits per heavy atom. The molecule has 0 aliphatic rings. The van der Waals surface area contributed by atoms with Gasteiger partial charge in [0.15, 0.2) is 6.10 Å². The first-order valence-electron chi connectivity index (χ1n) is 24.3. The number of likely N-dealkylation sites (N-methyl/N-ethyl adjacent to an activating group) is 1. The van der Waals surface area contributed by atoms with E-state index in [0.717, 1.165) is 64.2 Å². The number of rotatable bonds is 43. The number of quaternary nitrogens is 1. The molecule has 0 saturated carbocycles. The van der Waals surface area contributed by atoms with Gasteiger partial charge in [-0.2, -0.15) is 0 Å². The van der Waals surface area contributed by atoms with Gasteiger partial charge in [-0.1, -0.05) is 176 Å². The lowest BCUT2D eigenvalue weighted by Gasteiger charge is -2.24. The Hall–Kier alpha value is -2.81. The smallest absolute Gasteiger partial charge is 0.462 e. The first-order valence-corrected chi connectivity index (χ1v) is 25.8. The maximum atomic E-state index is 12.7. The molecule has 0 amide bonds. The lowest BCUT2D eigenvalue weighted by molar-refractivity contribution is -0.870. The van der Waals surface area contributed by atoms with Gasteiger partial charge in [0.2, 0.25) is 0 Å². The van der Waals surface area contributed by atoms with Crippen LogP contribution >= 0.6 is 7.82 Å². The van der Waals surface area contributed by atoms with Gasteiger partial charge < -0.3 is 18.9 Å². The summed E-state index contributed by atoms with van der Waals surface area (Å²) in [6.45, 7) is 4.21. The van der Waals surface area contributed by atoms with Gasteiger partial charge in [-0.3, -0.25) is 18.6 Å². The number of phosphoric ester groups is 1. The molecule has 0 heterocycles. The van der Waals surface area contributed by atoms with Gasteiger partial charge in [0.05, 0.1) is 27.7 Å². The molecule has 0 aliphatic carbocycles. The Bertz CT molecular complexity index is 1330. The molecule has 0 fully saturated rings. The van der Waals surface area contributed by atoms with Crippen LogP contribution in [0.25, 0.3) is 0 Å². The van der Waals surface area contributed by atoms with E-state index in [4.69, 9.17) is 18.5 Å². The molecule has 0 aromatic carbocycles. The molecule has 2 atom stereocenters. The zero-order valence-corrected chi connectivity index (χ0v) is 41.0. The van der Waals surface area contributed by atoms with Crippen molar-refractivity contribution in [2.45, 2.75) is 187 Å². The van der Waals surface area contributed by atoms with Crippen LogP contribution in [0.4, 0.5) is 0 Å². The van der Waals surface area contributed by atoms with E-state index >= 15 is 0 Å². The summed E-state index contributed by atoms with van der Waals surface area (Å²) in [6, 6.07) is 0. The second-order valence-corrected chi connectivity index (χ2v) is 18.6. The largest absolute Gasteiger partial charge is 0.472 e. The molecule has 0 bridgehead atoms. The minimum absolute atomic E-state index is 0.0156. The molecule has 62 heavy (non-hydrogen) atoms. The normalized spacial score (nSPS) is 14.2. The molecule has 0 spiro atoms. The van der Waals surface area contributed by atoms with Gasteiger partial charge in [-0.05, 0) is 77.0 Å². The fourth-order valence-corrected chi connectivity index (χ4v) is 6.89. The Morgan fingerprint density at radius 3 is 1.44 bits per heavy atom. The van der Waals surface area contributed by atoms with Crippen molar-refractivity contribution in [1.29, 1.82) is 0 Å². The van der Waals surface area contributed by atoms with E-state index in [1.165, 1.54) is 77.0 Å². The van der Waals surface area contributed by atoms with Crippen LogP contribution in [0, 0.1) is 0 Å². The molecule has 9 nitrogen and oxygen atoms in total. The number of unbranched alkanes of at least 4 members (excludes halogenated alkanes) is 15. The van der Waals surface area contributed by atoms with Crippen LogP contribution in [-0.4, -0.2) is 74.9 Å². The summed E-state index contributed by atoms with van der Waals surface area (Å²) in [4.78, 5) is 35.5. The van der Waals surface area contributed by atoms with Gasteiger partial charge in [-0.25, -0.2) is 4.57 Å². The van der Waals surface area contributed by atoms with Crippen LogP contribution < -0.4 is 0 Å². The van der Waals surface area contributed by atoms with E-state index in [0.29, 0.717) is 23.9 Å². The molecule has 0 aromatic heterocycles. The minimum atomic E-state index is -4.40. The summed E-state index contributed by atoms with van der Waals surface area (Å²) in [7, 11) is 1.42. The highest BCUT2D eigenvalue weighted by atomic mass is 31.2. The predicted octanol–water partition coefficient (Wildman–Crippen LogP) is 14.4. The molecule has 1 N–H and O–H groups in total. The van der Waals surface area contributed by atoms with E-state index in [1.54, 1.807) is 0 Å². The van der Waals surface area contributed by atoms with Gasteiger partial charge in [0.1, 0.15) is 19.8 Å². The van der Waals surface area contributed by atoms with Crippen molar-refractivity contribution in [3.8, 4) is 0 Å². The van der Waals surface area contributed by atoms with E-state index < -0.39 is 32.5 Å². The number of esters is 2. The zero-order valence-electron chi connectivity index (χ0n) is 40.1. The van der Waals surface area contributed by atoms with Gasteiger partial charge in [0.25, 0.3) is 0 Å². The van der Waals surface area contributed by atoms with Crippen molar-refractivity contribution >= 4 is 19.8 Å². The number of carbonyl (C=O) groups is 2. The molecule has 0 aliphatic heterocycles. The van der Waals surface area contributed by atoms with Crippen molar-refractivity contribution in [3.63, 3.8) is 0 Å². The van der Waals surface area contributed by atoms with Crippen molar-refractivity contribution < 1.29 is 42.1 Å². The quantitative estimate of drug-likeness (QED) is 0.0212. The van der Waals surface area contributed by atoms with Gasteiger partial charge in [-0.15, -0.1) is 0 Å². The summed E-state index contributed by atoms with van der Waals surface area (Å²) in [5.41, 5.74) is 0. The summed E-state index contributed by atoms with van der Waals surface area (Å²) in [6.07, 6.45) is 56.5. The molecule has 356 valence electrons. The first kappa shape index (κ1) is 59.2. The molecular weight excluding hydrogens is 798 g/mol. The SMILES string of the molecule is CC/C=C\C/C=C\C/C=C\C/C=C\C/C=C\C/C=C\CCC(=O)OC[C@H](COP(=O)(O)OCC[N+](C)(C)C)OC(=O)CCCCCCCCC/C=C\CCCCCCCCCC. The average Bonchev–Trinajstić information content (AvgIpc) is 3.23. The number of allylic oxidation sites excluding steroid dienone is 14. The number of ether oxygens (including phenoxy) is 2. The maximum Gasteiger partial charge on any atom is 0.472 e. The average molecular weight is 889 g/mol. The molecular formula is C52H91NO8P+. The van der Waals surface area contributed by atoms with E-state index in [2.05, 4.69) is 86.8 Å². The third-order valence-electron chi connectivity index (χ3n) is 9.92. The third kappa shape index (κ3) is 46.7. The van der Waals surface area contributed by atoms with Crippen LogP contribution in [0.5, 0.6) is 0 Å². The fourth-order valence-electron chi connectivity index (χ4n) is 6.15. The first-order chi connectivity index (χ1) is 30.0. The molecule has 1 unspecified atom stereocenters. The Labute approximate surface area is 380 Å². The number of carbonyl (C=O) groups excluding carboxylic acids is 2. The Balaban J connectivity index is 4.43. The highest BCUT2D eigenvalue weighted by Crippen LogP contribution is 2.43. The molecule has 10 heteroatoms. The van der Waals surface area contributed by atoms with Crippen LogP contribution in [0.15, 0.2) is 85.1 Å². The second kappa shape index (κ2) is 43.4. The molecule has 0 rings (SSSR count). The lowest BCUT2D eigenvalue weighted by atomic mass is 10.1. The van der Waals surface area contributed by atoms with E-state index in [9.17, 15) is 19.0 Å². The number of nitrogens with zero attached hydrogens (tertiary/aromatic N) is 1. The second-order valence-electron chi connectivity index (χ2n) is 17.1. The summed E-state index contributed by atoms with van der Waals surface area (Å²) in [5, 5.41) is 0. The van der Waals surface area contributed by atoms with Crippen molar-refractivity contribution in [2.75, 3.05) is 47.5 Å². The molecule has 0 aromatic rings. The van der Waals surface area contributed by atoms with Gasteiger partial charge in [0, 0.05) is 12.8 Å². The molecule has 0 saturated heterocycles. The highest BCUT2D eigenvalue weighted by Gasteiger charge is 2.27. The number of hydrogen-bond donors (Lipinski definition) is 1. The van der Waals surface area contributed by atoms with Crippen LogP contribution in [-0.2, 0) is 32.7 Å². The van der Waals surface area contributed by atoms with E-state index in [-0.39, 0.29) is 26.1 Å². The van der Waals surface area contributed by atoms with Crippen molar-refractivity contribution in [1.82, 2.24) is 0 Å². The highest BCUT2D eigenvalue weighted by molar-refractivity contribution is 7.47. The third-order valence-corrected chi connectivity index (χ3v) is 10.9. The molecule has 0 radical (unpaired) electrons. The summed E-state index contributed by atoms with van der Waals surface area (Å²) >= 11 is 0. The summed E-state index contributed by atoms with van der Waals surface area (Å²) < 4.78 is 34.3. The minimum Gasteiger partial charge on any atom is -0.462 e. The Kier molecular flexibility index (Phi) is 41.5. The maximum absolute atomic E-state index is 12.7.